The van der Waals surface area contributed by atoms with Crippen LogP contribution in [0.5, 0.6) is 0 Å². The van der Waals surface area contributed by atoms with E-state index in [0.29, 0.717) is 29.3 Å². The van der Waals surface area contributed by atoms with Crippen LogP contribution in [-0.4, -0.2) is 11.6 Å². The van der Waals surface area contributed by atoms with Gasteiger partial charge in [0.15, 0.2) is 5.78 Å². The maximum atomic E-state index is 12.5. The molecule has 0 N–H and O–H groups in total. The molecular formula is C22H28O2. The van der Waals surface area contributed by atoms with Crippen LogP contribution in [0.15, 0.2) is 23.8 Å². The average molecular weight is 324 g/mol. The zero-order chi connectivity index (χ0) is 16.7. The Labute approximate surface area is 144 Å². The quantitative estimate of drug-likeness (QED) is 0.650. The molecule has 0 saturated heterocycles. The lowest BCUT2D eigenvalue weighted by Crippen LogP contribution is -2.54. The highest BCUT2D eigenvalue weighted by Crippen LogP contribution is 2.68. The molecule has 24 heavy (non-hydrogen) atoms. The van der Waals surface area contributed by atoms with Gasteiger partial charge in [-0.25, -0.2) is 0 Å². The fourth-order valence-corrected chi connectivity index (χ4v) is 7.61. The maximum absolute atomic E-state index is 12.5. The van der Waals surface area contributed by atoms with Gasteiger partial charge in [-0.15, -0.1) is 0 Å². The first-order valence-electron chi connectivity index (χ1n) is 9.93. The van der Waals surface area contributed by atoms with E-state index in [4.69, 9.17) is 0 Å². The Morgan fingerprint density at radius 3 is 2.79 bits per heavy atom. The monoisotopic (exact) mass is 324 g/mol. The van der Waals surface area contributed by atoms with Crippen LogP contribution in [0.3, 0.4) is 0 Å². The molecule has 1 unspecified atom stereocenters. The Bertz CT molecular complexity index is 686. The highest BCUT2D eigenvalue weighted by atomic mass is 16.1. The summed E-state index contributed by atoms with van der Waals surface area (Å²) in [7, 11) is 0. The van der Waals surface area contributed by atoms with Crippen molar-refractivity contribution in [1.29, 1.82) is 0 Å². The number of hydrogen-bond donors (Lipinski definition) is 0. The van der Waals surface area contributed by atoms with Gasteiger partial charge in [-0.05, 0) is 79.8 Å². The highest BCUT2D eigenvalue weighted by molar-refractivity contribution is 5.95. The van der Waals surface area contributed by atoms with Crippen LogP contribution in [0.25, 0.3) is 0 Å². The lowest BCUT2D eigenvalue weighted by atomic mass is 9.43. The molecule has 128 valence electrons. The lowest BCUT2D eigenvalue weighted by molar-refractivity contribution is -0.134. The Morgan fingerprint density at radius 2 is 1.96 bits per heavy atom. The number of allylic oxidation sites excluding steroid dienone is 2. The molecule has 0 aromatic rings. The highest BCUT2D eigenvalue weighted by Gasteiger charge is 2.62. The Morgan fingerprint density at radius 1 is 1.12 bits per heavy atom. The molecule has 0 amide bonds. The molecule has 0 aliphatic heterocycles. The minimum atomic E-state index is -0.0716. The molecule has 2 nitrogen and oxygen atoms in total. The van der Waals surface area contributed by atoms with E-state index < -0.39 is 0 Å². The van der Waals surface area contributed by atoms with Gasteiger partial charge in [0, 0.05) is 17.8 Å². The van der Waals surface area contributed by atoms with Crippen LogP contribution >= 0.6 is 0 Å². The normalized spacial score (nSPS) is 50.0. The van der Waals surface area contributed by atoms with Crippen molar-refractivity contribution in [2.45, 2.75) is 64.7 Å². The van der Waals surface area contributed by atoms with Gasteiger partial charge in [0.25, 0.3) is 0 Å². The van der Waals surface area contributed by atoms with E-state index in [1.54, 1.807) is 0 Å². The zero-order valence-corrected chi connectivity index (χ0v) is 14.8. The number of carbonyl (C=O) groups is 2. The number of Topliss-reactive ketones (excluding diaryl/α,β-unsaturated/α-hetero) is 1. The summed E-state index contributed by atoms with van der Waals surface area (Å²) in [5.74, 6) is 2.97. The SMILES string of the molecule is C=C1C[C@@H]2[C@H](CC[C@]3(C)C(=O)CC[C@@H]23)[C@@]23CCCC(C2)C(=O)C=C13. The van der Waals surface area contributed by atoms with Gasteiger partial charge in [-0.1, -0.05) is 25.5 Å². The van der Waals surface area contributed by atoms with Gasteiger partial charge in [0.1, 0.15) is 5.78 Å². The van der Waals surface area contributed by atoms with Crippen molar-refractivity contribution in [2.24, 2.45) is 34.5 Å². The summed E-state index contributed by atoms with van der Waals surface area (Å²) in [4.78, 5) is 25.0. The summed E-state index contributed by atoms with van der Waals surface area (Å²) in [6.07, 6.45) is 11.7. The first kappa shape index (κ1) is 15.1. The minimum Gasteiger partial charge on any atom is -0.299 e. The van der Waals surface area contributed by atoms with E-state index in [9.17, 15) is 9.59 Å². The molecule has 2 bridgehead atoms. The van der Waals surface area contributed by atoms with Gasteiger partial charge in [-0.3, -0.25) is 9.59 Å². The first-order chi connectivity index (χ1) is 11.5. The summed E-state index contributed by atoms with van der Waals surface area (Å²) in [5.41, 5.74) is 2.67. The third-order valence-electron chi connectivity index (χ3n) is 8.73. The summed E-state index contributed by atoms with van der Waals surface area (Å²) in [6, 6.07) is 0. The predicted octanol–water partition coefficient (Wildman–Crippen LogP) is 4.64. The molecule has 2 heteroatoms. The predicted molar refractivity (Wildman–Crippen MR) is 93.3 cm³/mol. The summed E-state index contributed by atoms with van der Waals surface area (Å²) in [5, 5.41) is 0. The van der Waals surface area contributed by atoms with Crippen molar-refractivity contribution >= 4 is 11.6 Å². The van der Waals surface area contributed by atoms with Gasteiger partial charge in [-0.2, -0.15) is 0 Å². The molecular weight excluding hydrogens is 296 g/mol. The first-order valence-corrected chi connectivity index (χ1v) is 9.93. The van der Waals surface area contributed by atoms with Crippen molar-refractivity contribution in [3.63, 3.8) is 0 Å². The number of carbonyl (C=O) groups excluding carboxylic acids is 2. The largest absolute Gasteiger partial charge is 0.299 e. The molecule has 4 saturated carbocycles. The molecule has 5 rings (SSSR count). The molecule has 0 radical (unpaired) electrons. The van der Waals surface area contributed by atoms with Crippen LogP contribution < -0.4 is 0 Å². The van der Waals surface area contributed by atoms with Crippen molar-refractivity contribution in [1.82, 2.24) is 0 Å². The van der Waals surface area contributed by atoms with Crippen LogP contribution in [0, 0.1) is 34.5 Å². The van der Waals surface area contributed by atoms with Gasteiger partial charge >= 0.3 is 0 Å². The van der Waals surface area contributed by atoms with E-state index in [-0.39, 0.29) is 16.7 Å². The minimum absolute atomic E-state index is 0.0716. The van der Waals surface area contributed by atoms with Crippen LogP contribution in [-0.2, 0) is 9.59 Å². The fraction of sp³-hybridized carbons (Fsp3) is 0.727. The van der Waals surface area contributed by atoms with Crippen molar-refractivity contribution in [3.05, 3.63) is 23.8 Å². The summed E-state index contributed by atoms with van der Waals surface area (Å²) >= 11 is 0. The van der Waals surface area contributed by atoms with Crippen LogP contribution in [0.4, 0.5) is 0 Å². The van der Waals surface area contributed by atoms with E-state index in [1.165, 1.54) is 30.4 Å². The summed E-state index contributed by atoms with van der Waals surface area (Å²) < 4.78 is 0. The second-order valence-corrected chi connectivity index (χ2v) is 9.51. The Hall–Kier alpha value is -1.18. The molecule has 5 aliphatic rings. The number of rotatable bonds is 0. The second kappa shape index (κ2) is 4.71. The standard InChI is InChI=1S/C22H28O2/c1-13-10-15-16-5-6-20(24)21(16,2)9-7-17(15)22-8-3-4-14(12-22)19(23)11-18(13)22/h11,14-17H,1,3-10,12H2,2H3/t14?,15-,16-,17-,21-,22+/m0/s1. The summed E-state index contributed by atoms with van der Waals surface area (Å²) in [6.45, 7) is 6.66. The fourth-order valence-electron chi connectivity index (χ4n) is 7.61. The smallest absolute Gasteiger partial charge is 0.159 e. The molecule has 0 aromatic heterocycles. The molecule has 0 heterocycles. The number of hydrogen-bond acceptors (Lipinski definition) is 2. The van der Waals surface area contributed by atoms with Crippen LogP contribution in [0.1, 0.15) is 64.7 Å². The van der Waals surface area contributed by atoms with Crippen molar-refractivity contribution < 1.29 is 9.59 Å². The topological polar surface area (TPSA) is 34.1 Å². The van der Waals surface area contributed by atoms with Gasteiger partial charge in [0.2, 0.25) is 0 Å². The van der Waals surface area contributed by atoms with Gasteiger partial charge < -0.3 is 0 Å². The molecule has 6 atom stereocenters. The van der Waals surface area contributed by atoms with E-state index in [2.05, 4.69) is 13.5 Å². The van der Waals surface area contributed by atoms with E-state index in [0.717, 1.165) is 38.5 Å². The second-order valence-electron chi connectivity index (χ2n) is 9.51. The number of ketones is 2. The van der Waals surface area contributed by atoms with Crippen molar-refractivity contribution in [2.75, 3.05) is 0 Å². The third kappa shape index (κ3) is 1.68. The van der Waals surface area contributed by atoms with Crippen molar-refractivity contribution in [3.8, 4) is 0 Å². The van der Waals surface area contributed by atoms with Crippen LogP contribution in [0.2, 0.25) is 0 Å². The van der Waals surface area contributed by atoms with Gasteiger partial charge in [0.05, 0.1) is 0 Å². The molecule has 4 fully saturated rings. The van der Waals surface area contributed by atoms with E-state index in [1.807, 2.05) is 6.08 Å². The zero-order valence-electron chi connectivity index (χ0n) is 14.8. The molecule has 5 aliphatic carbocycles. The number of fused-ring (bicyclic) bond motifs is 4. The Balaban J connectivity index is 1.61. The lowest BCUT2D eigenvalue weighted by Gasteiger charge is -2.60. The molecule has 0 aromatic carbocycles. The maximum Gasteiger partial charge on any atom is 0.159 e. The Kier molecular flexibility index (Phi) is 2.96. The average Bonchev–Trinajstić information content (AvgIpc) is 2.86. The third-order valence-corrected chi connectivity index (χ3v) is 8.73. The molecule has 1 spiro atoms. The van der Waals surface area contributed by atoms with E-state index >= 15 is 0 Å².